The number of benzene rings is 1. The largest absolute Gasteiger partial charge is 0.382 e. The maximum atomic E-state index is 12.2. The van der Waals surface area contributed by atoms with E-state index in [1.165, 1.54) is 0 Å². The lowest BCUT2D eigenvalue weighted by Crippen LogP contribution is -2.41. The Bertz CT molecular complexity index is 914. The summed E-state index contributed by atoms with van der Waals surface area (Å²) in [6.07, 6.45) is 3.31. The summed E-state index contributed by atoms with van der Waals surface area (Å²) >= 11 is 0. The van der Waals surface area contributed by atoms with Crippen molar-refractivity contribution in [2.75, 3.05) is 19.8 Å². The Kier molecular flexibility index (Phi) is 3.51. The number of aromatic nitrogens is 2. The van der Waals surface area contributed by atoms with Gasteiger partial charge < -0.3 is 9.08 Å². The van der Waals surface area contributed by atoms with E-state index in [-0.39, 0.29) is 11.8 Å². The van der Waals surface area contributed by atoms with Crippen molar-refractivity contribution >= 4 is 15.9 Å². The van der Waals surface area contributed by atoms with Gasteiger partial charge in [0.25, 0.3) is 0 Å². The average Bonchev–Trinajstić information content (AvgIpc) is 2.98. The average molecular weight is 345 g/mol. The standard InChI is InChI=1S/C17H19N3O3S/c1-19(2)16-11-24(21,22)23-17-13(16)8-9-15-14(17)10-18-20(15)12-6-4-3-5-7-12/h3-7,10,16H,8-9,11H2,1-2H3. The van der Waals surface area contributed by atoms with Crippen molar-refractivity contribution in [3.8, 4) is 5.69 Å². The Morgan fingerprint density at radius 3 is 2.67 bits per heavy atom. The fraction of sp³-hybridized carbons (Fsp3) is 0.353. The first kappa shape index (κ1) is 15.4. The normalized spacial score (nSPS) is 22.0. The molecule has 0 N–H and O–H groups in total. The lowest BCUT2D eigenvalue weighted by molar-refractivity contribution is 0.318. The topological polar surface area (TPSA) is 64.4 Å². The van der Waals surface area contributed by atoms with Crippen molar-refractivity contribution < 1.29 is 12.6 Å². The molecular formula is C17H19N3O3S. The first-order chi connectivity index (χ1) is 11.5. The van der Waals surface area contributed by atoms with Crippen molar-refractivity contribution in [2.24, 2.45) is 0 Å². The minimum absolute atomic E-state index is 0.000981. The number of nitrogens with zero attached hydrogens (tertiary/aromatic N) is 3. The van der Waals surface area contributed by atoms with Crippen LogP contribution >= 0.6 is 0 Å². The van der Waals surface area contributed by atoms with Gasteiger partial charge in [0.05, 0.1) is 29.2 Å². The Morgan fingerprint density at radius 1 is 1.21 bits per heavy atom. The van der Waals surface area contributed by atoms with Crippen molar-refractivity contribution in [3.05, 3.63) is 53.4 Å². The van der Waals surface area contributed by atoms with Crippen LogP contribution in [-0.4, -0.2) is 49.0 Å². The molecule has 1 aromatic heterocycles. The highest BCUT2D eigenvalue weighted by Gasteiger charge is 2.39. The van der Waals surface area contributed by atoms with E-state index >= 15 is 0 Å². The van der Waals surface area contributed by atoms with Gasteiger partial charge in [0.1, 0.15) is 5.75 Å². The number of fused-ring (bicyclic) bond motifs is 2. The molecule has 6 nitrogen and oxygen atoms in total. The number of para-hydroxylation sites is 1. The van der Waals surface area contributed by atoms with Crippen molar-refractivity contribution in [1.29, 1.82) is 0 Å². The first-order valence-electron chi connectivity index (χ1n) is 7.90. The van der Waals surface area contributed by atoms with Crippen LogP contribution in [-0.2, 0) is 20.7 Å². The van der Waals surface area contributed by atoms with Gasteiger partial charge in [0.2, 0.25) is 0 Å². The molecule has 2 heterocycles. The highest BCUT2D eigenvalue weighted by Crippen LogP contribution is 2.39. The van der Waals surface area contributed by atoms with E-state index in [1.54, 1.807) is 6.20 Å². The molecule has 1 aliphatic carbocycles. The zero-order chi connectivity index (χ0) is 16.9. The molecule has 0 fully saturated rings. The highest BCUT2D eigenvalue weighted by molar-refractivity contribution is 7.87. The van der Waals surface area contributed by atoms with Gasteiger partial charge in [0.15, 0.2) is 5.76 Å². The number of hydrogen-bond acceptors (Lipinski definition) is 5. The second kappa shape index (κ2) is 5.46. The highest BCUT2D eigenvalue weighted by atomic mass is 32.2. The molecule has 4 rings (SSSR count). The molecule has 0 saturated carbocycles. The molecule has 0 spiro atoms. The van der Waals surface area contributed by atoms with Gasteiger partial charge in [-0.1, -0.05) is 18.2 Å². The van der Waals surface area contributed by atoms with Crippen LogP contribution in [0.3, 0.4) is 0 Å². The van der Waals surface area contributed by atoms with Crippen LogP contribution in [0.25, 0.3) is 11.4 Å². The van der Waals surface area contributed by atoms with E-state index < -0.39 is 10.1 Å². The predicted octanol–water partition coefficient (Wildman–Crippen LogP) is 1.82. The molecule has 24 heavy (non-hydrogen) atoms. The van der Waals surface area contributed by atoms with Crippen LogP contribution in [0.2, 0.25) is 0 Å². The summed E-state index contributed by atoms with van der Waals surface area (Å²) in [4.78, 5) is 1.95. The maximum absolute atomic E-state index is 12.2. The molecule has 2 aromatic rings. The fourth-order valence-corrected chi connectivity index (χ4v) is 4.87. The van der Waals surface area contributed by atoms with E-state index in [1.807, 2.05) is 54.0 Å². The van der Waals surface area contributed by atoms with Crippen LogP contribution < -0.4 is 0 Å². The third kappa shape index (κ3) is 2.44. The second-order valence-electron chi connectivity index (χ2n) is 6.39. The summed E-state index contributed by atoms with van der Waals surface area (Å²) in [6.45, 7) is 0. The quantitative estimate of drug-likeness (QED) is 0.777. The zero-order valence-electron chi connectivity index (χ0n) is 13.6. The van der Waals surface area contributed by atoms with E-state index in [2.05, 4.69) is 5.10 Å². The molecule has 1 aliphatic heterocycles. The molecule has 1 aromatic carbocycles. The summed E-state index contributed by atoms with van der Waals surface area (Å²) in [5.74, 6) is 0.476. The van der Waals surface area contributed by atoms with Crippen LogP contribution in [0.15, 0.2) is 42.1 Å². The molecule has 1 atom stereocenters. The molecule has 0 radical (unpaired) electrons. The SMILES string of the molecule is CN(C)C1CS(=O)(=O)OC2=C1CCc1c2cnn1-c1ccccc1. The smallest absolute Gasteiger partial charge is 0.311 e. The van der Waals surface area contributed by atoms with Crippen LogP contribution in [0.4, 0.5) is 0 Å². The predicted molar refractivity (Wildman–Crippen MR) is 91.2 cm³/mol. The Hall–Kier alpha value is -2.12. The van der Waals surface area contributed by atoms with Gasteiger partial charge in [-0.05, 0) is 44.6 Å². The van der Waals surface area contributed by atoms with E-state index in [0.29, 0.717) is 5.76 Å². The van der Waals surface area contributed by atoms with Crippen molar-refractivity contribution in [3.63, 3.8) is 0 Å². The molecule has 0 amide bonds. The van der Waals surface area contributed by atoms with E-state index in [9.17, 15) is 8.42 Å². The lowest BCUT2D eigenvalue weighted by atomic mass is 9.91. The van der Waals surface area contributed by atoms with E-state index in [0.717, 1.165) is 35.4 Å². The number of rotatable bonds is 2. The Morgan fingerprint density at radius 2 is 1.96 bits per heavy atom. The van der Waals surface area contributed by atoms with Gasteiger partial charge in [-0.15, -0.1) is 0 Å². The Labute approximate surface area is 141 Å². The molecule has 7 heteroatoms. The zero-order valence-corrected chi connectivity index (χ0v) is 14.5. The summed E-state index contributed by atoms with van der Waals surface area (Å²) in [5, 5.41) is 4.47. The molecule has 0 bridgehead atoms. The molecule has 1 unspecified atom stereocenters. The number of hydrogen-bond donors (Lipinski definition) is 0. The van der Waals surface area contributed by atoms with Crippen molar-refractivity contribution in [1.82, 2.24) is 14.7 Å². The summed E-state index contributed by atoms with van der Waals surface area (Å²) in [7, 11) is 0.222. The van der Waals surface area contributed by atoms with E-state index in [4.69, 9.17) is 4.18 Å². The van der Waals surface area contributed by atoms with Crippen LogP contribution in [0.1, 0.15) is 17.7 Å². The fourth-order valence-electron chi connectivity index (χ4n) is 3.47. The summed E-state index contributed by atoms with van der Waals surface area (Å²) in [6, 6.07) is 9.70. The third-order valence-corrected chi connectivity index (χ3v) is 5.78. The molecular weight excluding hydrogens is 326 g/mol. The first-order valence-corrected chi connectivity index (χ1v) is 9.48. The minimum Gasteiger partial charge on any atom is -0.382 e. The Balaban J connectivity index is 1.85. The second-order valence-corrected chi connectivity index (χ2v) is 8.01. The third-order valence-electron chi connectivity index (χ3n) is 4.63. The lowest BCUT2D eigenvalue weighted by Gasteiger charge is -2.34. The minimum atomic E-state index is -3.58. The monoisotopic (exact) mass is 345 g/mol. The van der Waals surface area contributed by atoms with Crippen molar-refractivity contribution in [2.45, 2.75) is 18.9 Å². The van der Waals surface area contributed by atoms with Crippen LogP contribution in [0, 0.1) is 0 Å². The summed E-state index contributed by atoms with van der Waals surface area (Å²) in [5.41, 5.74) is 3.80. The van der Waals surface area contributed by atoms with Gasteiger partial charge >= 0.3 is 10.1 Å². The van der Waals surface area contributed by atoms with Gasteiger partial charge in [-0.3, -0.25) is 0 Å². The maximum Gasteiger partial charge on any atom is 0.311 e. The molecule has 126 valence electrons. The summed E-state index contributed by atoms with van der Waals surface area (Å²) < 4.78 is 31.7. The number of likely N-dealkylation sites (N-methyl/N-ethyl adjacent to an activating group) is 1. The van der Waals surface area contributed by atoms with Crippen LogP contribution in [0.5, 0.6) is 0 Å². The molecule has 2 aliphatic rings. The van der Waals surface area contributed by atoms with Gasteiger partial charge in [0, 0.05) is 0 Å². The molecule has 0 saturated heterocycles. The van der Waals surface area contributed by atoms with Gasteiger partial charge in [-0.2, -0.15) is 13.5 Å². The van der Waals surface area contributed by atoms with Gasteiger partial charge in [-0.25, -0.2) is 4.68 Å².